The lowest BCUT2D eigenvalue weighted by molar-refractivity contribution is 0.295. The van der Waals surface area contributed by atoms with Gasteiger partial charge in [0.25, 0.3) is 0 Å². The standard InChI is InChI=1S/C9H16N/c1-2-3-7-10-8-5-4-6-9-10/h4-5H,1-3,6-9H2. The van der Waals surface area contributed by atoms with E-state index >= 15 is 0 Å². The molecule has 1 aliphatic rings. The van der Waals surface area contributed by atoms with E-state index in [2.05, 4.69) is 24.0 Å². The zero-order chi connectivity index (χ0) is 7.23. The van der Waals surface area contributed by atoms with Crippen molar-refractivity contribution in [1.82, 2.24) is 4.90 Å². The first-order valence-corrected chi connectivity index (χ1v) is 4.10. The minimum atomic E-state index is 1.07. The van der Waals surface area contributed by atoms with E-state index in [0.717, 1.165) is 13.0 Å². The van der Waals surface area contributed by atoms with Crippen molar-refractivity contribution in [3.8, 4) is 0 Å². The van der Waals surface area contributed by atoms with E-state index in [-0.39, 0.29) is 0 Å². The Balaban J connectivity index is 2.10. The number of nitrogens with zero attached hydrogens (tertiary/aromatic N) is 1. The summed E-state index contributed by atoms with van der Waals surface area (Å²) in [4.78, 5) is 2.48. The highest BCUT2D eigenvalue weighted by molar-refractivity contribution is 4.90. The molecule has 0 saturated carbocycles. The maximum absolute atomic E-state index is 3.83. The summed E-state index contributed by atoms with van der Waals surface area (Å²) in [5.41, 5.74) is 0. The lowest BCUT2D eigenvalue weighted by Gasteiger charge is -2.22. The van der Waals surface area contributed by atoms with Gasteiger partial charge in [-0.3, -0.25) is 4.90 Å². The van der Waals surface area contributed by atoms with Crippen molar-refractivity contribution in [1.29, 1.82) is 0 Å². The van der Waals surface area contributed by atoms with E-state index in [1.807, 2.05) is 0 Å². The Morgan fingerprint density at radius 1 is 1.40 bits per heavy atom. The predicted molar refractivity (Wildman–Crippen MR) is 44.8 cm³/mol. The molecule has 0 aromatic rings. The third kappa shape index (κ3) is 2.53. The lowest BCUT2D eigenvalue weighted by atomic mass is 10.2. The topological polar surface area (TPSA) is 3.24 Å². The van der Waals surface area contributed by atoms with Gasteiger partial charge in [0, 0.05) is 13.1 Å². The smallest absolute Gasteiger partial charge is 0.0163 e. The fourth-order valence-corrected chi connectivity index (χ4v) is 1.23. The van der Waals surface area contributed by atoms with Crippen LogP contribution < -0.4 is 0 Å². The van der Waals surface area contributed by atoms with Gasteiger partial charge in [0.2, 0.25) is 0 Å². The van der Waals surface area contributed by atoms with Crippen molar-refractivity contribution in [2.45, 2.75) is 19.3 Å². The van der Waals surface area contributed by atoms with Gasteiger partial charge in [-0.25, -0.2) is 0 Å². The van der Waals surface area contributed by atoms with Gasteiger partial charge in [0.05, 0.1) is 0 Å². The van der Waals surface area contributed by atoms with Gasteiger partial charge in [-0.2, -0.15) is 0 Å². The molecule has 0 saturated heterocycles. The molecule has 1 radical (unpaired) electrons. The first-order valence-electron chi connectivity index (χ1n) is 4.10. The zero-order valence-electron chi connectivity index (χ0n) is 6.55. The van der Waals surface area contributed by atoms with Crippen LogP contribution in [0.1, 0.15) is 19.3 Å². The average molecular weight is 138 g/mol. The van der Waals surface area contributed by atoms with E-state index in [4.69, 9.17) is 0 Å². The highest BCUT2D eigenvalue weighted by atomic mass is 15.1. The van der Waals surface area contributed by atoms with Crippen LogP contribution >= 0.6 is 0 Å². The van der Waals surface area contributed by atoms with Crippen LogP contribution in [0.4, 0.5) is 0 Å². The Kier molecular flexibility index (Phi) is 3.52. The van der Waals surface area contributed by atoms with Gasteiger partial charge >= 0.3 is 0 Å². The Morgan fingerprint density at radius 3 is 2.90 bits per heavy atom. The SMILES string of the molecule is [CH2]CCCN1CC=CCC1. The summed E-state index contributed by atoms with van der Waals surface area (Å²) in [5, 5.41) is 0. The lowest BCUT2D eigenvalue weighted by Crippen LogP contribution is -2.28. The molecule has 0 aliphatic carbocycles. The van der Waals surface area contributed by atoms with Crippen molar-refractivity contribution < 1.29 is 0 Å². The maximum Gasteiger partial charge on any atom is 0.0163 e. The van der Waals surface area contributed by atoms with Crippen LogP contribution in [0.5, 0.6) is 0 Å². The second-order valence-electron chi connectivity index (χ2n) is 2.77. The van der Waals surface area contributed by atoms with Gasteiger partial charge < -0.3 is 0 Å². The Hall–Kier alpha value is -0.300. The average Bonchev–Trinajstić information content (AvgIpc) is 2.03. The van der Waals surface area contributed by atoms with Gasteiger partial charge in [0.15, 0.2) is 0 Å². The van der Waals surface area contributed by atoms with E-state index < -0.39 is 0 Å². The van der Waals surface area contributed by atoms with Crippen molar-refractivity contribution in [3.63, 3.8) is 0 Å². The number of hydrogen-bond donors (Lipinski definition) is 0. The van der Waals surface area contributed by atoms with Gasteiger partial charge in [-0.1, -0.05) is 25.5 Å². The third-order valence-corrected chi connectivity index (χ3v) is 1.87. The summed E-state index contributed by atoms with van der Waals surface area (Å²) in [5.74, 6) is 0. The van der Waals surface area contributed by atoms with E-state index in [1.54, 1.807) is 0 Å². The molecule has 0 unspecified atom stereocenters. The molecule has 0 bridgehead atoms. The van der Waals surface area contributed by atoms with Crippen molar-refractivity contribution in [3.05, 3.63) is 19.1 Å². The van der Waals surface area contributed by atoms with Gasteiger partial charge in [0.1, 0.15) is 0 Å². The normalized spacial score (nSPS) is 19.7. The highest BCUT2D eigenvalue weighted by Gasteiger charge is 2.03. The third-order valence-electron chi connectivity index (χ3n) is 1.87. The van der Waals surface area contributed by atoms with E-state index in [0.29, 0.717) is 0 Å². The molecule has 1 aliphatic heterocycles. The zero-order valence-corrected chi connectivity index (χ0v) is 6.55. The Morgan fingerprint density at radius 2 is 2.30 bits per heavy atom. The minimum absolute atomic E-state index is 1.07. The van der Waals surface area contributed by atoms with Crippen molar-refractivity contribution in [2.24, 2.45) is 0 Å². The molecule has 0 N–H and O–H groups in total. The van der Waals surface area contributed by atoms with Crippen LogP contribution in [-0.4, -0.2) is 24.5 Å². The molecule has 1 heteroatoms. The van der Waals surface area contributed by atoms with Crippen LogP contribution in [0.15, 0.2) is 12.2 Å². The second kappa shape index (κ2) is 4.51. The molecule has 1 rings (SSSR count). The largest absolute Gasteiger partial charge is 0.299 e. The Bertz CT molecular complexity index is 107. The molecule has 1 heterocycles. The van der Waals surface area contributed by atoms with Crippen molar-refractivity contribution >= 4 is 0 Å². The monoisotopic (exact) mass is 138 g/mol. The first-order chi connectivity index (χ1) is 4.93. The van der Waals surface area contributed by atoms with Crippen molar-refractivity contribution in [2.75, 3.05) is 19.6 Å². The summed E-state index contributed by atoms with van der Waals surface area (Å²) in [6.07, 6.45) is 8.07. The maximum atomic E-state index is 3.83. The van der Waals surface area contributed by atoms with Crippen LogP contribution in [0.3, 0.4) is 0 Å². The molecule has 1 nitrogen and oxygen atoms in total. The van der Waals surface area contributed by atoms with E-state index in [1.165, 1.54) is 25.9 Å². The molecule has 0 atom stereocenters. The quantitative estimate of drug-likeness (QED) is 0.538. The minimum Gasteiger partial charge on any atom is -0.299 e. The fourth-order valence-electron chi connectivity index (χ4n) is 1.23. The molecule has 10 heavy (non-hydrogen) atoms. The molecule has 57 valence electrons. The van der Waals surface area contributed by atoms with Gasteiger partial charge in [-0.15, -0.1) is 0 Å². The molecular weight excluding hydrogens is 122 g/mol. The van der Waals surface area contributed by atoms with Crippen LogP contribution in [0, 0.1) is 6.92 Å². The molecular formula is C9H16N. The highest BCUT2D eigenvalue weighted by Crippen LogP contribution is 2.02. The van der Waals surface area contributed by atoms with Crippen LogP contribution in [0.25, 0.3) is 0 Å². The molecule has 0 aromatic carbocycles. The molecule has 0 fully saturated rings. The summed E-state index contributed by atoms with van der Waals surface area (Å²) in [6, 6.07) is 0. The fraction of sp³-hybridized carbons (Fsp3) is 0.667. The Labute approximate surface area is 63.7 Å². The summed E-state index contributed by atoms with van der Waals surface area (Å²) in [6.45, 7) is 7.45. The number of hydrogen-bond acceptors (Lipinski definition) is 1. The molecule has 0 amide bonds. The summed E-state index contributed by atoms with van der Waals surface area (Å²) >= 11 is 0. The summed E-state index contributed by atoms with van der Waals surface area (Å²) < 4.78 is 0. The van der Waals surface area contributed by atoms with Crippen LogP contribution in [0.2, 0.25) is 0 Å². The number of rotatable bonds is 3. The van der Waals surface area contributed by atoms with Crippen LogP contribution in [-0.2, 0) is 0 Å². The van der Waals surface area contributed by atoms with E-state index in [9.17, 15) is 0 Å². The molecule has 0 spiro atoms. The van der Waals surface area contributed by atoms with Gasteiger partial charge in [-0.05, 0) is 19.4 Å². The first kappa shape index (κ1) is 7.80. The summed E-state index contributed by atoms with van der Waals surface area (Å²) in [7, 11) is 0. The second-order valence-corrected chi connectivity index (χ2v) is 2.77. The predicted octanol–water partition coefficient (Wildman–Crippen LogP) is 1.86. The number of unbranched alkanes of at least 4 members (excludes halogenated alkanes) is 1. The molecule has 0 aromatic heterocycles.